The van der Waals surface area contributed by atoms with Crippen molar-refractivity contribution in [2.45, 2.75) is 10.9 Å². The lowest BCUT2D eigenvalue weighted by Crippen LogP contribution is -2.40. The highest BCUT2D eigenvalue weighted by Gasteiger charge is 2.22. The molecule has 6 nitrogen and oxygen atoms in total. The summed E-state index contributed by atoms with van der Waals surface area (Å²) in [6, 6.07) is 15.5. The van der Waals surface area contributed by atoms with Crippen LogP contribution < -0.4 is 10.6 Å². The van der Waals surface area contributed by atoms with Crippen molar-refractivity contribution >= 4 is 40.2 Å². The lowest BCUT2D eigenvalue weighted by molar-refractivity contribution is -0.136. The topological polar surface area (TPSA) is 66.4 Å². The summed E-state index contributed by atoms with van der Waals surface area (Å²) >= 11 is 1.58. The predicted octanol–water partition coefficient (Wildman–Crippen LogP) is 3.26. The highest BCUT2D eigenvalue weighted by Crippen LogP contribution is 2.28. The van der Waals surface area contributed by atoms with Gasteiger partial charge < -0.3 is 20.1 Å². The number of anilines is 1. The first-order valence-electron chi connectivity index (χ1n) is 9.34. The Balaban J connectivity index is 1.70. The number of nitrogens with zero attached hydrogens (tertiary/aromatic N) is 2. The van der Waals surface area contributed by atoms with E-state index in [-0.39, 0.29) is 6.04 Å². The molecule has 2 amide bonds. The molecule has 2 N–H and O–H groups in total. The summed E-state index contributed by atoms with van der Waals surface area (Å²) in [6.07, 6.45) is 4.04. The number of aryl methyl sites for hydroxylation is 1. The van der Waals surface area contributed by atoms with Crippen LogP contribution in [-0.4, -0.2) is 48.2 Å². The van der Waals surface area contributed by atoms with Crippen LogP contribution in [0.4, 0.5) is 5.69 Å². The van der Waals surface area contributed by atoms with Crippen molar-refractivity contribution in [2.75, 3.05) is 32.2 Å². The molecule has 7 heteroatoms. The number of carbonyl (C=O) groups excluding carboxylic acids is 2. The molecule has 0 fully saturated rings. The van der Waals surface area contributed by atoms with Crippen molar-refractivity contribution in [1.82, 2.24) is 14.8 Å². The number of rotatable bonds is 6. The van der Waals surface area contributed by atoms with E-state index in [0.717, 1.165) is 21.4 Å². The molecular formula is C22H26N4O2S. The Morgan fingerprint density at radius 1 is 1.10 bits per heavy atom. The highest BCUT2D eigenvalue weighted by molar-refractivity contribution is 7.98. The molecule has 29 heavy (non-hydrogen) atoms. The molecule has 0 spiro atoms. The molecule has 1 unspecified atom stereocenters. The third kappa shape index (κ3) is 4.81. The number of hydrogen-bond acceptors (Lipinski definition) is 4. The normalized spacial score (nSPS) is 12.2. The summed E-state index contributed by atoms with van der Waals surface area (Å²) in [7, 11) is 5.94. The average Bonchev–Trinajstić information content (AvgIpc) is 3.04. The first-order valence-corrected chi connectivity index (χ1v) is 10.6. The van der Waals surface area contributed by atoms with E-state index in [1.165, 1.54) is 0 Å². The number of fused-ring (bicyclic) bond motifs is 1. The number of para-hydroxylation sites is 1. The molecule has 0 aliphatic rings. The summed E-state index contributed by atoms with van der Waals surface area (Å²) in [5, 5.41) is 6.58. The monoisotopic (exact) mass is 410 g/mol. The summed E-state index contributed by atoms with van der Waals surface area (Å²) < 4.78 is 2.08. The number of benzene rings is 2. The van der Waals surface area contributed by atoms with Crippen molar-refractivity contribution in [3.8, 4) is 0 Å². The Bertz CT molecular complexity index is 1030. The zero-order valence-electron chi connectivity index (χ0n) is 17.1. The van der Waals surface area contributed by atoms with Crippen LogP contribution in [0.5, 0.6) is 0 Å². The summed E-state index contributed by atoms with van der Waals surface area (Å²) in [4.78, 5) is 27.7. The first-order chi connectivity index (χ1) is 13.9. The third-order valence-electron chi connectivity index (χ3n) is 4.90. The van der Waals surface area contributed by atoms with Crippen LogP contribution in [0, 0.1) is 0 Å². The maximum absolute atomic E-state index is 12.4. The van der Waals surface area contributed by atoms with Gasteiger partial charge in [0.1, 0.15) is 0 Å². The van der Waals surface area contributed by atoms with E-state index in [4.69, 9.17) is 0 Å². The fraction of sp³-hybridized carbons (Fsp3) is 0.273. The first kappa shape index (κ1) is 21.0. The molecule has 0 aliphatic heterocycles. The molecule has 1 atom stereocenters. The van der Waals surface area contributed by atoms with Crippen molar-refractivity contribution in [2.24, 2.45) is 7.05 Å². The van der Waals surface area contributed by atoms with Crippen LogP contribution in [0.3, 0.4) is 0 Å². The van der Waals surface area contributed by atoms with E-state index >= 15 is 0 Å². The number of carbonyl (C=O) groups is 2. The van der Waals surface area contributed by atoms with Crippen LogP contribution in [0.25, 0.3) is 10.9 Å². The van der Waals surface area contributed by atoms with Crippen LogP contribution in [0.15, 0.2) is 59.6 Å². The van der Waals surface area contributed by atoms with Gasteiger partial charge in [-0.2, -0.15) is 0 Å². The SMILES string of the molecule is CSc1cccc(NC(=O)C(=O)NCC(c2cn(C)c3ccccc23)N(C)C)c1. The predicted molar refractivity (Wildman–Crippen MR) is 119 cm³/mol. The van der Waals surface area contributed by atoms with Gasteiger partial charge in [0.2, 0.25) is 0 Å². The van der Waals surface area contributed by atoms with Gasteiger partial charge in [-0.1, -0.05) is 24.3 Å². The second kappa shape index (κ2) is 9.15. The van der Waals surface area contributed by atoms with E-state index in [1.807, 2.05) is 62.6 Å². The molecular weight excluding hydrogens is 384 g/mol. The van der Waals surface area contributed by atoms with Crippen molar-refractivity contribution in [3.63, 3.8) is 0 Å². The fourth-order valence-electron chi connectivity index (χ4n) is 3.37. The molecule has 1 heterocycles. The second-order valence-corrected chi connectivity index (χ2v) is 7.97. The molecule has 0 saturated carbocycles. The molecule has 3 aromatic rings. The quantitative estimate of drug-likeness (QED) is 0.484. The van der Waals surface area contributed by atoms with Gasteiger partial charge in [-0.15, -0.1) is 11.8 Å². The third-order valence-corrected chi connectivity index (χ3v) is 5.63. The smallest absolute Gasteiger partial charge is 0.313 e. The van der Waals surface area contributed by atoms with Gasteiger partial charge in [0.15, 0.2) is 0 Å². The number of thioether (sulfide) groups is 1. The second-order valence-electron chi connectivity index (χ2n) is 7.09. The highest BCUT2D eigenvalue weighted by atomic mass is 32.2. The maximum atomic E-state index is 12.4. The molecule has 0 bridgehead atoms. The Labute approximate surface area is 175 Å². The van der Waals surface area contributed by atoms with Crippen LogP contribution in [-0.2, 0) is 16.6 Å². The van der Waals surface area contributed by atoms with Gasteiger partial charge >= 0.3 is 11.8 Å². The summed E-state index contributed by atoms with van der Waals surface area (Å²) in [6.45, 7) is 0.331. The summed E-state index contributed by atoms with van der Waals surface area (Å²) in [5.41, 5.74) is 2.85. The lowest BCUT2D eigenvalue weighted by atomic mass is 10.0. The Morgan fingerprint density at radius 2 is 1.86 bits per heavy atom. The fourth-order valence-corrected chi connectivity index (χ4v) is 3.83. The van der Waals surface area contributed by atoms with Crippen LogP contribution in [0.1, 0.15) is 11.6 Å². The van der Waals surface area contributed by atoms with Crippen molar-refractivity contribution < 1.29 is 9.59 Å². The molecule has 3 rings (SSSR count). The Kier molecular flexibility index (Phi) is 6.61. The van der Waals surface area contributed by atoms with Crippen LogP contribution in [0.2, 0.25) is 0 Å². The van der Waals surface area contributed by atoms with Gasteiger partial charge in [0.25, 0.3) is 0 Å². The maximum Gasteiger partial charge on any atom is 0.313 e. The van der Waals surface area contributed by atoms with Crippen molar-refractivity contribution in [1.29, 1.82) is 0 Å². The Hall–Kier alpha value is -2.77. The van der Waals surface area contributed by atoms with E-state index < -0.39 is 11.8 Å². The van der Waals surface area contributed by atoms with Gasteiger partial charge in [-0.05, 0) is 50.2 Å². The largest absolute Gasteiger partial charge is 0.350 e. The number of likely N-dealkylation sites (N-methyl/N-ethyl adjacent to an activating group) is 1. The van der Waals surface area contributed by atoms with Gasteiger partial charge in [0, 0.05) is 41.3 Å². The standard InChI is InChI=1S/C22H26N4O2S/c1-25(2)20(18-14-26(3)19-11-6-5-10-17(18)19)13-23-21(27)22(28)24-15-8-7-9-16(12-15)29-4/h5-12,14,20H,13H2,1-4H3,(H,23,27)(H,24,28). The number of nitrogens with one attached hydrogen (secondary N) is 2. The zero-order chi connectivity index (χ0) is 21.0. The van der Waals surface area contributed by atoms with E-state index in [2.05, 4.69) is 33.5 Å². The summed E-state index contributed by atoms with van der Waals surface area (Å²) in [5.74, 6) is -1.31. The minimum atomic E-state index is -0.668. The minimum absolute atomic E-state index is 0.0577. The molecule has 1 aromatic heterocycles. The zero-order valence-corrected chi connectivity index (χ0v) is 17.9. The number of amides is 2. The molecule has 2 aromatic carbocycles. The van der Waals surface area contributed by atoms with Crippen LogP contribution >= 0.6 is 11.8 Å². The van der Waals surface area contributed by atoms with Gasteiger partial charge in [-0.3, -0.25) is 9.59 Å². The molecule has 0 radical (unpaired) electrons. The van der Waals surface area contributed by atoms with E-state index in [9.17, 15) is 9.59 Å². The molecule has 0 saturated heterocycles. The average molecular weight is 411 g/mol. The lowest BCUT2D eigenvalue weighted by Gasteiger charge is -2.24. The minimum Gasteiger partial charge on any atom is -0.350 e. The Morgan fingerprint density at radius 3 is 2.59 bits per heavy atom. The molecule has 152 valence electrons. The van der Waals surface area contributed by atoms with Crippen molar-refractivity contribution in [3.05, 3.63) is 60.3 Å². The van der Waals surface area contributed by atoms with Gasteiger partial charge in [-0.25, -0.2) is 0 Å². The molecule has 0 aliphatic carbocycles. The van der Waals surface area contributed by atoms with E-state index in [1.54, 1.807) is 17.8 Å². The number of aromatic nitrogens is 1. The number of hydrogen-bond donors (Lipinski definition) is 2. The van der Waals surface area contributed by atoms with E-state index in [0.29, 0.717) is 12.2 Å². The van der Waals surface area contributed by atoms with Gasteiger partial charge in [0.05, 0.1) is 6.04 Å².